The fraction of sp³-hybridized carbons (Fsp3) is 0.889. The second-order valence-electron chi connectivity index (χ2n) is 3.59. The van der Waals surface area contributed by atoms with Gasteiger partial charge < -0.3 is 4.74 Å². The molecule has 0 aromatic rings. The number of piperidine rings is 1. The normalized spacial score (nSPS) is 18.3. The minimum Gasteiger partial charge on any atom is -0.465 e. The molecule has 1 rings (SSSR count). The molecule has 0 saturated carbocycles. The highest BCUT2D eigenvalue weighted by atomic mass is 32.2. The first-order valence-corrected chi connectivity index (χ1v) is 6.90. The maximum absolute atomic E-state index is 11.7. The van der Waals surface area contributed by atoms with Crippen molar-refractivity contribution in [2.45, 2.75) is 26.2 Å². The monoisotopic (exact) mass is 250 g/mol. The summed E-state index contributed by atoms with van der Waals surface area (Å²) in [6, 6.07) is 0. The quantitative estimate of drug-likeness (QED) is 0.690. The SMILES string of the molecule is CCOC(=O)CNS(=O)(=O)N1CCCCC1. The summed E-state index contributed by atoms with van der Waals surface area (Å²) in [5.41, 5.74) is 0. The van der Waals surface area contributed by atoms with E-state index in [4.69, 9.17) is 0 Å². The largest absolute Gasteiger partial charge is 0.465 e. The number of rotatable bonds is 5. The number of nitrogens with one attached hydrogen (secondary N) is 1. The van der Waals surface area contributed by atoms with Gasteiger partial charge in [-0.1, -0.05) is 6.42 Å². The van der Waals surface area contributed by atoms with E-state index in [9.17, 15) is 13.2 Å². The lowest BCUT2D eigenvalue weighted by Crippen LogP contribution is -2.45. The van der Waals surface area contributed by atoms with E-state index in [1.807, 2.05) is 0 Å². The molecule has 1 aliphatic heterocycles. The van der Waals surface area contributed by atoms with Crippen molar-refractivity contribution in [3.8, 4) is 0 Å². The Labute approximate surface area is 96.1 Å². The molecule has 0 amide bonds. The van der Waals surface area contributed by atoms with Gasteiger partial charge in [-0.15, -0.1) is 0 Å². The summed E-state index contributed by atoms with van der Waals surface area (Å²) in [4.78, 5) is 11.0. The molecule has 1 N–H and O–H groups in total. The van der Waals surface area contributed by atoms with Crippen LogP contribution in [0.15, 0.2) is 0 Å². The van der Waals surface area contributed by atoms with E-state index < -0.39 is 16.2 Å². The van der Waals surface area contributed by atoms with E-state index in [1.165, 1.54) is 4.31 Å². The van der Waals surface area contributed by atoms with Gasteiger partial charge in [0.25, 0.3) is 10.2 Å². The van der Waals surface area contributed by atoms with Crippen LogP contribution in [0.5, 0.6) is 0 Å². The zero-order valence-electron chi connectivity index (χ0n) is 9.44. The summed E-state index contributed by atoms with van der Waals surface area (Å²) >= 11 is 0. The Morgan fingerprint density at radius 3 is 2.50 bits per heavy atom. The summed E-state index contributed by atoms with van der Waals surface area (Å²) in [6.07, 6.45) is 2.81. The molecule has 0 radical (unpaired) electrons. The van der Waals surface area contributed by atoms with Crippen molar-refractivity contribution in [1.29, 1.82) is 0 Å². The second-order valence-corrected chi connectivity index (χ2v) is 5.35. The molecule has 6 nitrogen and oxygen atoms in total. The van der Waals surface area contributed by atoms with Crippen molar-refractivity contribution in [2.24, 2.45) is 0 Å². The third kappa shape index (κ3) is 4.07. The van der Waals surface area contributed by atoms with E-state index in [0.29, 0.717) is 13.1 Å². The van der Waals surface area contributed by atoms with Crippen molar-refractivity contribution < 1.29 is 17.9 Å². The first kappa shape index (κ1) is 13.4. The van der Waals surface area contributed by atoms with Crippen LogP contribution >= 0.6 is 0 Å². The lowest BCUT2D eigenvalue weighted by Gasteiger charge is -2.25. The Hall–Kier alpha value is -0.660. The molecule has 0 aromatic heterocycles. The molecule has 16 heavy (non-hydrogen) atoms. The average molecular weight is 250 g/mol. The molecule has 0 bridgehead atoms. The van der Waals surface area contributed by atoms with Crippen molar-refractivity contribution in [2.75, 3.05) is 26.2 Å². The highest BCUT2D eigenvalue weighted by molar-refractivity contribution is 7.87. The first-order chi connectivity index (χ1) is 7.56. The third-order valence-corrected chi connectivity index (χ3v) is 3.91. The molecule has 1 heterocycles. The second kappa shape index (κ2) is 6.17. The van der Waals surface area contributed by atoms with Gasteiger partial charge in [0, 0.05) is 13.1 Å². The zero-order chi connectivity index (χ0) is 12.0. The van der Waals surface area contributed by atoms with E-state index in [-0.39, 0.29) is 13.2 Å². The van der Waals surface area contributed by atoms with Crippen LogP contribution in [0.25, 0.3) is 0 Å². The van der Waals surface area contributed by atoms with Gasteiger partial charge in [-0.3, -0.25) is 4.79 Å². The lowest BCUT2D eigenvalue weighted by atomic mass is 10.2. The Morgan fingerprint density at radius 2 is 1.94 bits per heavy atom. The predicted molar refractivity (Wildman–Crippen MR) is 59.0 cm³/mol. The molecule has 1 saturated heterocycles. The minimum atomic E-state index is -3.51. The van der Waals surface area contributed by atoms with Crippen LogP contribution in [0.4, 0.5) is 0 Å². The van der Waals surface area contributed by atoms with Crippen molar-refractivity contribution in [3.05, 3.63) is 0 Å². The summed E-state index contributed by atoms with van der Waals surface area (Å²) in [5.74, 6) is -0.553. The third-order valence-electron chi connectivity index (χ3n) is 2.36. The summed E-state index contributed by atoms with van der Waals surface area (Å²) < 4.78 is 31.7. The number of hydrogen-bond donors (Lipinski definition) is 1. The van der Waals surface area contributed by atoms with Gasteiger partial charge in [-0.2, -0.15) is 17.4 Å². The Balaban J connectivity index is 2.41. The average Bonchev–Trinajstić information content (AvgIpc) is 2.28. The van der Waals surface area contributed by atoms with Crippen LogP contribution in [-0.4, -0.2) is 44.9 Å². The van der Waals surface area contributed by atoms with E-state index >= 15 is 0 Å². The molecular formula is C9H18N2O4S. The summed E-state index contributed by atoms with van der Waals surface area (Å²) in [7, 11) is -3.51. The highest BCUT2D eigenvalue weighted by Gasteiger charge is 2.24. The van der Waals surface area contributed by atoms with Crippen LogP contribution < -0.4 is 4.72 Å². The topological polar surface area (TPSA) is 75.7 Å². The van der Waals surface area contributed by atoms with Crippen LogP contribution in [-0.2, 0) is 19.7 Å². The maximum Gasteiger partial charge on any atom is 0.321 e. The van der Waals surface area contributed by atoms with Crippen molar-refractivity contribution >= 4 is 16.2 Å². The molecule has 0 spiro atoms. The minimum absolute atomic E-state index is 0.254. The van der Waals surface area contributed by atoms with E-state index in [1.54, 1.807) is 6.92 Å². The molecule has 1 fully saturated rings. The van der Waals surface area contributed by atoms with Crippen LogP contribution in [0.3, 0.4) is 0 Å². The molecule has 94 valence electrons. The zero-order valence-corrected chi connectivity index (χ0v) is 10.3. The Morgan fingerprint density at radius 1 is 1.31 bits per heavy atom. The van der Waals surface area contributed by atoms with Crippen molar-refractivity contribution in [1.82, 2.24) is 9.03 Å². The van der Waals surface area contributed by atoms with Gasteiger partial charge in [0.1, 0.15) is 6.54 Å². The van der Waals surface area contributed by atoms with Crippen molar-refractivity contribution in [3.63, 3.8) is 0 Å². The molecule has 1 aliphatic rings. The number of esters is 1. The van der Waals surface area contributed by atoms with Crippen LogP contribution in [0.1, 0.15) is 26.2 Å². The summed E-state index contributed by atoms with van der Waals surface area (Å²) in [6.45, 7) is 2.68. The Bertz CT molecular complexity index is 322. The number of ether oxygens (including phenoxy) is 1. The van der Waals surface area contributed by atoms with Gasteiger partial charge in [0.05, 0.1) is 6.61 Å². The maximum atomic E-state index is 11.7. The standard InChI is InChI=1S/C9H18N2O4S/c1-2-15-9(12)8-10-16(13,14)11-6-4-3-5-7-11/h10H,2-8H2,1H3. The fourth-order valence-electron chi connectivity index (χ4n) is 1.56. The van der Waals surface area contributed by atoms with Gasteiger partial charge in [-0.25, -0.2) is 0 Å². The highest BCUT2D eigenvalue weighted by Crippen LogP contribution is 2.11. The smallest absolute Gasteiger partial charge is 0.321 e. The van der Waals surface area contributed by atoms with Crippen LogP contribution in [0, 0.1) is 0 Å². The molecule has 7 heteroatoms. The first-order valence-electron chi connectivity index (χ1n) is 5.46. The molecule has 0 aliphatic carbocycles. The number of carbonyl (C=O) groups is 1. The molecule has 0 atom stereocenters. The predicted octanol–water partition coefficient (Wildman–Crippen LogP) is -0.130. The number of carbonyl (C=O) groups excluding carboxylic acids is 1. The number of nitrogens with zero attached hydrogens (tertiary/aromatic N) is 1. The van der Waals surface area contributed by atoms with E-state index in [2.05, 4.69) is 9.46 Å². The van der Waals surface area contributed by atoms with Crippen LogP contribution in [0.2, 0.25) is 0 Å². The van der Waals surface area contributed by atoms with Gasteiger partial charge in [-0.05, 0) is 19.8 Å². The van der Waals surface area contributed by atoms with Gasteiger partial charge in [0.15, 0.2) is 0 Å². The Kier molecular flexibility index (Phi) is 5.17. The molecule has 0 aromatic carbocycles. The summed E-state index contributed by atoms with van der Waals surface area (Å²) in [5, 5.41) is 0. The fourth-order valence-corrected chi connectivity index (χ4v) is 2.78. The van der Waals surface area contributed by atoms with Gasteiger partial charge in [0.2, 0.25) is 0 Å². The molecule has 0 unspecified atom stereocenters. The molecular weight excluding hydrogens is 232 g/mol. The van der Waals surface area contributed by atoms with E-state index in [0.717, 1.165) is 19.3 Å². The van der Waals surface area contributed by atoms with Gasteiger partial charge >= 0.3 is 5.97 Å². The number of hydrogen-bond acceptors (Lipinski definition) is 4. The lowest BCUT2D eigenvalue weighted by molar-refractivity contribution is -0.141.